The van der Waals surface area contributed by atoms with Gasteiger partial charge < -0.3 is 4.42 Å². The molecule has 2 nitrogen and oxygen atoms in total. The normalized spacial score (nSPS) is 11.7. The number of hydrogen-bond acceptors (Lipinski definition) is 2. The molecule has 1 aromatic heterocycles. The highest BCUT2D eigenvalue weighted by atomic mass is 79.9. The molecule has 0 bridgehead atoms. The monoisotopic (exact) mass is 244 g/mol. The number of Topliss-reactive ketones (excluding diaryl/α,β-unsaturated/α-hetero) is 1. The third-order valence-electron chi connectivity index (χ3n) is 1.82. The zero-order chi connectivity index (χ0) is 10.1. The zero-order valence-corrected chi connectivity index (χ0v) is 9.64. The van der Waals surface area contributed by atoms with Gasteiger partial charge in [-0.05, 0) is 27.6 Å². The summed E-state index contributed by atoms with van der Waals surface area (Å²) < 4.78 is 5.71. The third kappa shape index (κ3) is 2.99. The molecule has 1 rings (SSSR count). The number of hydrogen-bond donors (Lipinski definition) is 0. The SMILES string of the molecule is CC(C)(C)C(=O)Cc1coc(Br)c1. The largest absolute Gasteiger partial charge is 0.457 e. The summed E-state index contributed by atoms with van der Waals surface area (Å²) in [6.07, 6.45) is 2.05. The number of carbonyl (C=O) groups excluding carboxylic acids is 1. The minimum Gasteiger partial charge on any atom is -0.457 e. The lowest BCUT2D eigenvalue weighted by molar-refractivity contribution is -0.125. The van der Waals surface area contributed by atoms with Crippen molar-refractivity contribution >= 4 is 21.7 Å². The summed E-state index contributed by atoms with van der Waals surface area (Å²) in [4.78, 5) is 11.6. The quantitative estimate of drug-likeness (QED) is 0.800. The summed E-state index contributed by atoms with van der Waals surface area (Å²) in [5.41, 5.74) is 0.649. The van der Waals surface area contributed by atoms with Gasteiger partial charge in [-0.2, -0.15) is 0 Å². The second-order valence-corrected chi connectivity index (χ2v) is 4.89. The highest BCUT2D eigenvalue weighted by molar-refractivity contribution is 9.10. The van der Waals surface area contributed by atoms with Crippen molar-refractivity contribution in [1.82, 2.24) is 0 Å². The van der Waals surface area contributed by atoms with Crippen molar-refractivity contribution in [1.29, 1.82) is 0 Å². The molecular weight excluding hydrogens is 232 g/mol. The Morgan fingerprint density at radius 3 is 2.54 bits per heavy atom. The van der Waals surface area contributed by atoms with Crippen LogP contribution < -0.4 is 0 Å². The first-order valence-corrected chi connectivity index (χ1v) is 4.95. The summed E-state index contributed by atoms with van der Waals surface area (Å²) in [7, 11) is 0. The van der Waals surface area contributed by atoms with Gasteiger partial charge in [0.25, 0.3) is 0 Å². The highest BCUT2D eigenvalue weighted by Crippen LogP contribution is 2.20. The van der Waals surface area contributed by atoms with Crippen LogP contribution in [-0.2, 0) is 11.2 Å². The van der Waals surface area contributed by atoms with Gasteiger partial charge in [0.05, 0.1) is 6.26 Å². The molecule has 0 unspecified atom stereocenters. The molecule has 0 aliphatic carbocycles. The van der Waals surface area contributed by atoms with Crippen LogP contribution >= 0.6 is 15.9 Å². The maximum atomic E-state index is 11.6. The Hall–Kier alpha value is -0.570. The minimum absolute atomic E-state index is 0.223. The van der Waals surface area contributed by atoms with Crippen LogP contribution in [0.3, 0.4) is 0 Å². The number of carbonyl (C=O) groups is 1. The molecule has 0 aromatic carbocycles. The van der Waals surface area contributed by atoms with Gasteiger partial charge in [0.2, 0.25) is 0 Å². The Bertz CT molecular complexity index is 307. The van der Waals surface area contributed by atoms with Crippen molar-refractivity contribution in [3.8, 4) is 0 Å². The van der Waals surface area contributed by atoms with Crippen LogP contribution in [0.15, 0.2) is 21.4 Å². The minimum atomic E-state index is -0.274. The Kier molecular flexibility index (Phi) is 2.96. The van der Waals surface area contributed by atoms with Crippen LogP contribution in [0.25, 0.3) is 0 Å². The van der Waals surface area contributed by atoms with Gasteiger partial charge >= 0.3 is 0 Å². The van der Waals surface area contributed by atoms with E-state index in [-0.39, 0.29) is 11.2 Å². The smallest absolute Gasteiger partial charge is 0.169 e. The van der Waals surface area contributed by atoms with Gasteiger partial charge in [-0.3, -0.25) is 4.79 Å². The molecule has 0 fully saturated rings. The van der Waals surface area contributed by atoms with Gasteiger partial charge in [0, 0.05) is 11.8 Å². The molecule has 0 amide bonds. The predicted molar refractivity (Wildman–Crippen MR) is 54.6 cm³/mol. The second-order valence-electron chi connectivity index (χ2n) is 4.11. The lowest BCUT2D eigenvalue weighted by Gasteiger charge is -2.15. The summed E-state index contributed by atoms with van der Waals surface area (Å²) in [5, 5.41) is 0. The number of rotatable bonds is 2. The molecule has 0 aliphatic heterocycles. The summed E-state index contributed by atoms with van der Waals surface area (Å²) >= 11 is 3.19. The first kappa shape index (κ1) is 10.5. The topological polar surface area (TPSA) is 30.2 Å². The van der Waals surface area contributed by atoms with E-state index in [1.165, 1.54) is 0 Å². The fourth-order valence-electron chi connectivity index (χ4n) is 0.889. The van der Waals surface area contributed by atoms with Gasteiger partial charge in [-0.1, -0.05) is 20.8 Å². The van der Waals surface area contributed by atoms with Crippen molar-refractivity contribution in [2.24, 2.45) is 5.41 Å². The third-order valence-corrected chi connectivity index (χ3v) is 2.24. The second kappa shape index (κ2) is 3.66. The molecule has 0 atom stereocenters. The van der Waals surface area contributed by atoms with Crippen molar-refractivity contribution in [3.63, 3.8) is 0 Å². The van der Waals surface area contributed by atoms with Crippen LogP contribution in [0, 0.1) is 5.41 Å². The summed E-state index contributed by atoms with van der Waals surface area (Å²) in [5.74, 6) is 0.223. The Morgan fingerprint density at radius 2 is 2.15 bits per heavy atom. The van der Waals surface area contributed by atoms with Crippen LogP contribution in [0.2, 0.25) is 0 Å². The van der Waals surface area contributed by atoms with Gasteiger partial charge in [-0.25, -0.2) is 0 Å². The first-order chi connectivity index (χ1) is 5.89. The van der Waals surface area contributed by atoms with Crippen LogP contribution in [0.1, 0.15) is 26.3 Å². The van der Waals surface area contributed by atoms with E-state index in [0.717, 1.165) is 5.56 Å². The van der Waals surface area contributed by atoms with Gasteiger partial charge in [0.15, 0.2) is 4.67 Å². The fourth-order valence-corrected chi connectivity index (χ4v) is 1.28. The van der Waals surface area contributed by atoms with Crippen molar-refractivity contribution in [2.75, 3.05) is 0 Å². The summed E-state index contributed by atoms with van der Waals surface area (Å²) in [6, 6.07) is 1.82. The van der Waals surface area contributed by atoms with Crippen LogP contribution in [-0.4, -0.2) is 5.78 Å². The summed E-state index contributed by atoms with van der Waals surface area (Å²) in [6.45, 7) is 5.76. The molecule has 72 valence electrons. The Labute approximate surface area is 86.4 Å². The molecule has 0 aliphatic rings. The van der Waals surface area contributed by atoms with Gasteiger partial charge in [-0.15, -0.1) is 0 Å². The average Bonchev–Trinajstić information content (AvgIpc) is 2.33. The molecule has 0 radical (unpaired) electrons. The molecule has 0 saturated carbocycles. The van der Waals surface area contributed by atoms with E-state index < -0.39 is 0 Å². The molecule has 0 spiro atoms. The molecule has 1 aromatic rings. The van der Waals surface area contributed by atoms with E-state index in [1.54, 1.807) is 6.26 Å². The van der Waals surface area contributed by atoms with Crippen molar-refractivity contribution < 1.29 is 9.21 Å². The molecular formula is C10H13BrO2. The van der Waals surface area contributed by atoms with Crippen molar-refractivity contribution in [2.45, 2.75) is 27.2 Å². The van der Waals surface area contributed by atoms with E-state index in [2.05, 4.69) is 15.9 Å². The van der Waals surface area contributed by atoms with E-state index in [9.17, 15) is 4.79 Å². The molecule has 0 saturated heterocycles. The predicted octanol–water partition coefficient (Wildman–Crippen LogP) is 3.20. The van der Waals surface area contributed by atoms with Crippen LogP contribution in [0.4, 0.5) is 0 Å². The van der Waals surface area contributed by atoms with E-state index in [4.69, 9.17) is 4.42 Å². The Balaban J connectivity index is 2.65. The first-order valence-electron chi connectivity index (χ1n) is 4.16. The molecule has 1 heterocycles. The van der Waals surface area contributed by atoms with Crippen LogP contribution in [0.5, 0.6) is 0 Å². The molecule has 3 heteroatoms. The maximum absolute atomic E-state index is 11.6. The maximum Gasteiger partial charge on any atom is 0.169 e. The standard InChI is InChI=1S/C10H13BrO2/c1-10(2,3)8(12)4-7-5-9(11)13-6-7/h5-6H,4H2,1-3H3. The number of furan rings is 1. The zero-order valence-electron chi connectivity index (χ0n) is 8.06. The number of ketones is 1. The van der Waals surface area contributed by atoms with E-state index >= 15 is 0 Å². The lowest BCUT2D eigenvalue weighted by Crippen LogP contribution is -2.21. The van der Waals surface area contributed by atoms with Crippen molar-refractivity contribution in [3.05, 3.63) is 22.6 Å². The average molecular weight is 245 g/mol. The molecule has 0 N–H and O–H groups in total. The van der Waals surface area contributed by atoms with E-state index in [0.29, 0.717) is 11.1 Å². The highest BCUT2D eigenvalue weighted by Gasteiger charge is 2.21. The van der Waals surface area contributed by atoms with E-state index in [1.807, 2.05) is 26.8 Å². The Morgan fingerprint density at radius 1 is 1.54 bits per heavy atom. The van der Waals surface area contributed by atoms with Gasteiger partial charge in [0.1, 0.15) is 5.78 Å². The fraction of sp³-hybridized carbons (Fsp3) is 0.500. The lowest BCUT2D eigenvalue weighted by atomic mass is 9.88. The number of halogens is 1. The molecule has 13 heavy (non-hydrogen) atoms.